The molecule has 0 aliphatic carbocycles. The molecule has 0 spiro atoms. The zero-order valence-corrected chi connectivity index (χ0v) is 5.71. The summed E-state index contributed by atoms with van der Waals surface area (Å²) >= 11 is 0. The van der Waals surface area contributed by atoms with Gasteiger partial charge in [0.2, 0.25) is 0 Å². The monoisotopic (exact) mass is 165 g/mol. The molecular weight excluding hydrogens is 154 g/mol. The van der Waals surface area contributed by atoms with Crippen LogP contribution in [0.2, 0.25) is 0 Å². The van der Waals surface area contributed by atoms with E-state index in [1.165, 1.54) is 0 Å². The second kappa shape index (κ2) is 2.67. The first-order valence-corrected chi connectivity index (χ1v) is 3.15. The molecule has 1 rings (SSSR count). The van der Waals surface area contributed by atoms with Crippen molar-refractivity contribution in [3.8, 4) is 0 Å². The average Bonchev–Trinajstić information content (AvgIpc) is 2.13. The Kier molecular flexibility index (Phi) is 2.15. The Labute approximate surface area is 62.8 Å². The van der Waals surface area contributed by atoms with E-state index in [0.29, 0.717) is 0 Å². The van der Waals surface area contributed by atoms with Crippen LogP contribution in [0.3, 0.4) is 0 Å². The number of rotatable bonds is 1. The molecule has 1 aliphatic heterocycles. The molecule has 1 heterocycles. The fourth-order valence-corrected chi connectivity index (χ4v) is 0.975. The Morgan fingerprint density at radius 2 is 2.00 bits per heavy atom. The average molecular weight is 165 g/mol. The maximum Gasteiger partial charge on any atom is 0.252 e. The summed E-state index contributed by atoms with van der Waals surface area (Å²) in [5.74, 6) is -2.26. The fourth-order valence-electron chi connectivity index (χ4n) is 0.975. The highest BCUT2D eigenvalue weighted by molar-refractivity contribution is 4.91. The summed E-state index contributed by atoms with van der Waals surface area (Å²) in [7, 11) is 0. The minimum absolute atomic E-state index is 0.502. The molecule has 1 aliphatic rings. The third-order valence-electron chi connectivity index (χ3n) is 1.65. The zero-order chi connectivity index (χ0) is 8.65. The number of aliphatic hydroxyl groups is 4. The molecule has 0 aromatic rings. The van der Waals surface area contributed by atoms with Crippen LogP contribution >= 0.6 is 0 Å². The molecule has 0 unspecified atom stereocenters. The molecule has 0 aromatic heterocycles. The lowest BCUT2D eigenvalue weighted by Crippen LogP contribution is -2.50. The molecular formula is C5H11NO5. The summed E-state index contributed by atoms with van der Waals surface area (Å²) < 4.78 is 4.51. The van der Waals surface area contributed by atoms with Crippen molar-refractivity contribution in [2.75, 3.05) is 6.61 Å². The topological polar surface area (TPSA) is 116 Å². The van der Waals surface area contributed by atoms with E-state index < -0.39 is 30.8 Å². The Morgan fingerprint density at radius 3 is 2.18 bits per heavy atom. The van der Waals surface area contributed by atoms with Gasteiger partial charge in [-0.3, -0.25) is 5.73 Å². The zero-order valence-electron chi connectivity index (χ0n) is 5.71. The minimum Gasteiger partial charge on any atom is -0.394 e. The van der Waals surface area contributed by atoms with Crippen molar-refractivity contribution in [2.24, 2.45) is 5.73 Å². The maximum absolute atomic E-state index is 9.02. The van der Waals surface area contributed by atoms with E-state index in [2.05, 4.69) is 4.74 Å². The Bertz CT molecular complexity index is 150. The highest BCUT2D eigenvalue weighted by Crippen LogP contribution is 2.24. The van der Waals surface area contributed by atoms with E-state index in [9.17, 15) is 0 Å². The minimum atomic E-state index is -2.26. The highest BCUT2D eigenvalue weighted by atomic mass is 16.7. The van der Waals surface area contributed by atoms with E-state index in [-0.39, 0.29) is 0 Å². The molecule has 0 bridgehead atoms. The van der Waals surface area contributed by atoms with E-state index in [1.54, 1.807) is 0 Å². The van der Waals surface area contributed by atoms with Gasteiger partial charge in [0.25, 0.3) is 5.91 Å². The summed E-state index contributed by atoms with van der Waals surface area (Å²) in [6.07, 6.45) is -3.96. The van der Waals surface area contributed by atoms with Crippen LogP contribution in [0.1, 0.15) is 0 Å². The van der Waals surface area contributed by atoms with Crippen LogP contribution in [0.15, 0.2) is 0 Å². The van der Waals surface area contributed by atoms with E-state index in [4.69, 9.17) is 26.2 Å². The Morgan fingerprint density at radius 1 is 1.45 bits per heavy atom. The summed E-state index contributed by atoms with van der Waals surface area (Å²) in [6, 6.07) is 0. The predicted molar refractivity (Wildman–Crippen MR) is 33.1 cm³/mol. The van der Waals surface area contributed by atoms with Crippen molar-refractivity contribution in [2.45, 2.75) is 24.2 Å². The van der Waals surface area contributed by atoms with Crippen LogP contribution in [0.25, 0.3) is 0 Å². The van der Waals surface area contributed by atoms with Crippen LogP contribution < -0.4 is 5.73 Å². The molecule has 4 atom stereocenters. The molecule has 1 saturated heterocycles. The first kappa shape index (κ1) is 8.85. The maximum atomic E-state index is 9.02. The quantitative estimate of drug-likeness (QED) is 0.260. The lowest BCUT2D eigenvalue weighted by atomic mass is 10.1. The van der Waals surface area contributed by atoms with Gasteiger partial charge in [-0.15, -0.1) is 0 Å². The van der Waals surface area contributed by atoms with Gasteiger partial charge in [-0.25, -0.2) is 0 Å². The van der Waals surface area contributed by atoms with Crippen molar-refractivity contribution in [1.29, 1.82) is 0 Å². The van der Waals surface area contributed by atoms with Crippen molar-refractivity contribution < 1.29 is 25.2 Å². The van der Waals surface area contributed by atoms with Gasteiger partial charge < -0.3 is 25.2 Å². The van der Waals surface area contributed by atoms with Crippen LogP contribution in [0.5, 0.6) is 0 Å². The summed E-state index contributed by atoms with van der Waals surface area (Å²) in [4.78, 5) is 0. The summed E-state index contributed by atoms with van der Waals surface area (Å²) in [5.41, 5.74) is 4.99. The lowest BCUT2D eigenvalue weighted by Gasteiger charge is -2.19. The van der Waals surface area contributed by atoms with Crippen molar-refractivity contribution in [3.05, 3.63) is 0 Å². The van der Waals surface area contributed by atoms with Crippen LogP contribution in [0.4, 0.5) is 0 Å². The molecule has 6 N–H and O–H groups in total. The first-order chi connectivity index (χ1) is 4.99. The van der Waals surface area contributed by atoms with Gasteiger partial charge in [-0.1, -0.05) is 0 Å². The predicted octanol–water partition coefficient (Wildman–Crippen LogP) is -3.30. The third kappa shape index (κ3) is 1.36. The molecule has 0 aromatic carbocycles. The number of hydrogen-bond donors (Lipinski definition) is 5. The standard InChI is InChI=1S/C5H11NO5/c6-5(10)4(9)3(8)2(1-7)11-5/h2-4,7-10H,1,6H2/t2-,3-,4-,5-/m1/s1. The van der Waals surface area contributed by atoms with E-state index >= 15 is 0 Å². The highest BCUT2D eigenvalue weighted by Gasteiger charge is 2.50. The van der Waals surface area contributed by atoms with Gasteiger partial charge in [0.15, 0.2) is 6.10 Å². The van der Waals surface area contributed by atoms with Crippen LogP contribution in [-0.2, 0) is 4.74 Å². The number of hydrogen-bond acceptors (Lipinski definition) is 6. The number of aliphatic hydroxyl groups excluding tert-OH is 3. The van der Waals surface area contributed by atoms with Crippen LogP contribution in [0, 0.1) is 0 Å². The van der Waals surface area contributed by atoms with Gasteiger partial charge >= 0.3 is 0 Å². The molecule has 1 fully saturated rings. The normalized spacial score (nSPS) is 51.5. The second-order valence-corrected chi connectivity index (χ2v) is 2.53. The van der Waals surface area contributed by atoms with Crippen molar-refractivity contribution in [3.63, 3.8) is 0 Å². The Hall–Kier alpha value is -0.240. The van der Waals surface area contributed by atoms with Gasteiger partial charge in [0.1, 0.15) is 12.2 Å². The smallest absolute Gasteiger partial charge is 0.252 e. The van der Waals surface area contributed by atoms with Gasteiger partial charge in [-0.05, 0) is 0 Å². The number of ether oxygens (including phenoxy) is 1. The van der Waals surface area contributed by atoms with Gasteiger partial charge in [-0.2, -0.15) is 0 Å². The van der Waals surface area contributed by atoms with Gasteiger partial charge in [0.05, 0.1) is 6.61 Å². The van der Waals surface area contributed by atoms with Crippen molar-refractivity contribution in [1.82, 2.24) is 0 Å². The summed E-state index contributed by atoms with van der Waals surface area (Å²) in [6.45, 7) is -0.502. The molecule has 11 heavy (non-hydrogen) atoms. The molecule has 6 heteroatoms. The first-order valence-electron chi connectivity index (χ1n) is 3.15. The Balaban J connectivity index is 2.69. The molecule has 0 radical (unpaired) electrons. The summed E-state index contributed by atoms with van der Waals surface area (Å²) in [5, 5.41) is 35.5. The molecule has 6 nitrogen and oxygen atoms in total. The third-order valence-corrected chi connectivity index (χ3v) is 1.65. The molecule has 66 valence electrons. The van der Waals surface area contributed by atoms with Gasteiger partial charge in [0, 0.05) is 0 Å². The fraction of sp³-hybridized carbons (Fsp3) is 1.00. The molecule has 0 amide bonds. The van der Waals surface area contributed by atoms with E-state index in [0.717, 1.165) is 0 Å². The molecule has 0 saturated carbocycles. The lowest BCUT2D eigenvalue weighted by molar-refractivity contribution is -0.226. The van der Waals surface area contributed by atoms with Crippen molar-refractivity contribution >= 4 is 0 Å². The largest absolute Gasteiger partial charge is 0.394 e. The SMILES string of the molecule is N[C@]1(O)O[C@H](CO)[C@@H](O)[C@H]1O. The second-order valence-electron chi connectivity index (χ2n) is 2.53. The van der Waals surface area contributed by atoms with Crippen LogP contribution in [-0.4, -0.2) is 51.3 Å². The number of nitrogens with two attached hydrogens (primary N) is 1. The van der Waals surface area contributed by atoms with E-state index in [1.807, 2.05) is 0 Å².